The van der Waals surface area contributed by atoms with Crippen molar-refractivity contribution >= 4 is 23.2 Å². The maximum absolute atomic E-state index is 12.8. The number of aromatic amines is 1. The first kappa shape index (κ1) is 18.3. The van der Waals surface area contributed by atoms with E-state index in [9.17, 15) is 9.59 Å². The van der Waals surface area contributed by atoms with Crippen LogP contribution in [0.15, 0.2) is 41.5 Å². The van der Waals surface area contributed by atoms with Gasteiger partial charge in [-0.25, -0.2) is 4.98 Å². The lowest BCUT2D eigenvalue weighted by molar-refractivity contribution is 0.0665. The van der Waals surface area contributed by atoms with E-state index in [4.69, 9.17) is 0 Å². The third kappa shape index (κ3) is 4.09. The molecular weight excluding hydrogens is 376 g/mol. The molecule has 1 atom stereocenters. The van der Waals surface area contributed by atoms with Crippen LogP contribution in [0.25, 0.3) is 11.3 Å². The first-order chi connectivity index (χ1) is 13.7. The zero-order valence-corrected chi connectivity index (χ0v) is 16.0. The number of amides is 2. The van der Waals surface area contributed by atoms with Crippen molar-refractivity contribution in [2.45, 2.75) is 12.8 Å². The third-order valence-corrected chi connectivity index (χ3v) is 5.46. The van der Waals surface area contributed by atoms with Crippen LogP contribution in [0.1, 0.15) is 33.8 Å². The Morgan fingerprint density at radius 1 is 1.36 bits per heavy atom. The number of piperidine rings is 1. The van der Waals surface area contributed by atoms with Crippen LogP contribution >= 0.6 is 11.3 Å². The van der Waals surface area contributed by atoms with Crippen molar-refractivity contribution in [1.82, 2.24) is 30.4 Å². The lowest BCUT2D eigenvalue weighted by Crippen LogP contribution is -2.43. The predicted octanol–water partition coefficient (Wildman–Crippen LogP) is 2.21. The summed E-state index contributed by atoms with van der Waals surface area (Å²) in [5, 5.41) is 14.0. The zero-order chi connectivity index (χ0) is 19.3. The average Bonchev–Trinajstić information content (AvgIpc) is 3.44. The molecule has 0 radical (unpaired) electrons. The molecule has 0 saturated carbocycles. The molecule has 3 aromatic rings. The van der Waals surface area contributed by atoms with Crippen molar-refractivity contribution in [2.24, 2.45) is 5.92 Å². The maximum atomic E-state index is 12.8. The molecule has 1 aliphatic rings. The fraction of sp³-hybridized carbons (Fsp3) is 0.316. The summed E-state index contributed by atoms with van der Waals surface area (Å²) >= 11 is 1.59. The summed E-state index contributed by atoms with van der Waals surface area (Å²) in [4.78, 5) is 34.7. The Morgan fingerprint density at radius 2 is 2.29 bits per heavy atom. The Balaban J connectivity index is 1.34. The molecule has 9 heteroatoms. The highest BCUT2D eigenvalue weighted by Gasteiger charge is 2.26. The van der Waals surface area contributed by atoms with Gasteiger partial charge in [-0.05, 0) is 36.3 Å². The minimum absolute atomic E-state index is 0.0565. The maximum Gasteiger partial charge on any atom is 0.271 e. The lowest BCUT2D eigenvalue weighted by Gasteiger charge is -2.32. The van der Waals surface area contributed by atoms with Crippen molar-refractivity contribution in [2.75, 3.05) is 19.6 Å². The van der Waals surface area contributed by atoms with Gasteiger partial charge in [0, 0.05) is 43.0 Å². The molecule has 3 aromatic heterocycles. The summed E-state index contributed by atoms with van der Waals surface area (Å²) in [6.07, 6.45) is 6.33. The number of aromatic nitrogens is 4. The van der Waals surface area contributed by atoms with Crippen LogP contribution < -0.4 is 5.32 Å². The summed E-state index contributed by atoms with van der Waals surface area (Å²) in [5.74, 6) is -0.0953. The highest BCUT2D eigenvalue weighted by atomic mass is 32.1. The summed E-state index contributed by atoms with van der Waals surface area (Å²) < 4.78 is 0. The number of nitrogens with zero attached hydrogens (tertiary/aromatic N) is 4. The Labute approximate surface area is 166 Å². The van der Waals surface area contributed by atoms with Crippen LogP contribution in [-0.4, -0.2) is 56.5 Å². The smallest absolute Gasteiger partial charge is 0.271 e. The quantitative estimate of drug-likeness (QED) is 0.688. The molecule has 1 unspecified atom stereocenters. The molecule has 4 rings (SSSR count). The summed E-state index contributed by atoms with van der Waals surface area (Å²) in [7, 11) is 0. The molecule has 1 fully saturated rings. The molecule has 1 aliphatic heterocycles. The Hall–Kier alpha value is -3.07. The molecule has 0 spiro atoms. The van der Waals surface area contributed by atoms with Crippen LogP contribution in [0.4, 0.5) is 0 Å². The highest BCUT2D eigenvalue weighted by molar-refractivity contribution is 7.08. The van der Waals surface area contributed by atoms with Gasteiger partial charge in [-0.1, -0.05) is 0 Å². The van der Waals surface area contributed by atoms with Crippen molar-refractivity contribution < 1.29 is 9.59 Å². The van der Waals surface area contributed by atoms with E-state index in [0.717, 1.165) is 24.1 Å². The van der Waals surface area contributed by atoms with E-state index in [1.165, 1.54) is 18.6 Å². The van der Waals surface area contributed by atoms with Gasteiger partial charge in [0.15, 0.2) is 0 Å². The van der Waals surface area contributed by atoms with E-state index in [0.29, 0.717) is 31.0 Å². The van der Waals surface area contributed by atoms with Gasteiger partial charge in [-0.15, -0.1) is 0 Å². The number of hydrogen-bond acceptors (Lipinski definition) is 6. The van der Waals surface area contributed by atoms with Crippen molar-refractivity contribution in [3.8, 4) is 11.3 Å². The fourth-order valence-electron chi connectivity index (χ4n) is 3.32. The van der Waals surface area contributed by atoms with Crippen molar-refractivity contribution in [3.63, 3.8) is 0 Å². The standard InChI is InChI=1S/C19H20N6O2S/c26-18(17-10-20-4-5-21-17)22-9-13-2-1-6-25(11-13)19(27)16-8-15(23-24-16)14-3-7-28-12-14/h3-5,7-8,10,12-13H,1-2,6,9,11H2,(H,22,26)(H,23,24). The number of likely N-dealkylation sites (tertiary alicyclic amines) is 1. The highest BCUT2D eigenvalue weighted by Crippen LogP contribution is 2.22. The number of H-pyrrole nitrogens is 1. The number of nitrogens with one attached hydrogen (secondary N) is 2. The fourth-order valence-corrected chi connectivity index (χ4v) is 3.97. The number of thiophene rings is 1. The average molecular weight is 396 g/mol. The Kier molecular flexibility index (Phi) is 5.43. The van der Waals surface area contributed by atoms with Crippen LogP contribution in [0.3, 0.4) is 0 Å². The second-order valence-electron chi connectivity index (χ2n) is 6.74. The number of hydrogen-bond donors (Lipinski definition) is 2. The molecule has 0 bridgehead atoms. The largest absolute Gasteiger partial charge is 0.350 e. The van der Waals surface area contributed by atoms with Gasteiger partial charge in [-0.3, -0.25) is 19.7 Å². The number of rotatable bonds is 5. The number of carbonyl (C=O) groups excluding carboxylic acids is 2. The van der Waals surface area contributed by atoms with Crippen LogP contribution in [0.5, 0.6) is 0 Å². The van der Waals surface area contributed by atoms with Crippen molar-refractivity contribution in [3.05, 3.63) is 52.9 Å². The summed E-state index contributed by atoms with van der Waals surface area (Å²) in [5.41, 5.74) is 2.56. The molecule has 144 valence electrons. The van der Waals surface area contributed by atoms with Crippen LogP contribution in [0, 0.1) is 5.92 Å². The molecule has 0 aliphatic carbocycles. The normalized spacial score (nSPS) is 16.7. The SMILES string of the molecule is O=C(NCC1CCCN(C(=O)c2cc(-c3ccsc3)n[nH]2)C1)c1cnccn1. The summed E-state index contributed by atoms with van der Waals surface area (Å²) in [6, 6.07) is 3.77. The Morgan fingerprint density at radius 3 is 3.07 bits per heavy atom. The van der Waals surface area contributed by atoms with Crippen molar-refractivity contribution in [1.29, 1.82) is 0 Å². The topological polar surface area (TPSA) is 104 Å². The van der Waals surface area contributed by atoms with Gasteiger partial charge in [0.1, 0.15) is 11.4 Å². The van der Waals surface area contributed by atoms with Crippen LogP contribution in [0.2, 0.25) is 0 Å². The van der Waals surface area contributed by atoms with E-state index >= 15 is 0 Å². The summed E-state index contributed by atoms with van der Waals surface area (Å²) in [6.45, 7) is 1.81. The second-order valence-corrected chi connectivity index (χ2v) is 7.52. The van der Waals surface area contributed by atoms with Gasteiger partial charge >= 0.3 is 0 Å². The van der Waals surface area contributed by atoms with E-state index in [1.54, 1.807) is 17.4 Å². The molecule has 4 heterocycles. The van der Waals surface area contributed by atoms with E-state index in [1.807, 2.05) is 21.7 Å². The van der Waals surface area contributed by atoms with E-state index in [-0.39, 0.29) is 17.7 Å². The first-order valence-corrected chi connectivity index (χ1v) is 10.1. The molecular formula is C19H20N6O2S. The molecule has 2 amide bonds. The molecule has 1 saturated heterocycles. The van der Waals surface area contributed by atoms with Gasteiger partial charge in [0.05, 0.1) is 11.9 Å². The lowest BCUT2D eigenvalue weighted by atomic mass is 9.97. The van der Waals surface area contributed by atoms with Gasteiger partial charge in [0.2, 0.25) is 0 Å². The van der Waals surface area contributed by atoms with Gasteiger partial charge in [0.25, 0.3) is 11.8 Å². The molecule has 8 nitrogen and oxygen atoms in total. The molecule has 0 aromatic carbocycles. The Bertz CT molecular complexity index is 941. The predicted molar refractivity (Wildman–Crippen MR) is 105 cm³/mol. The monoisotopic (exact) mass is 396 g/mol. The second kappa shape index (κ2) is 8.30. The third-order valence-electron chi connectivity index (χ3n) is 4.78. The minimum Gasteiger partial charge on any atom is -0.350 e. The van der Waals surface area contributed by atoms with Gasteiger partial charge < -0.3 is 10.2 Å². The number of carbonyl (C=O) groups is 2. The molecule has 28 heavy (non-hydrogen) atoms. The van der Waals surface area contributed by atoms with Gasteiger partial charge in [-0.2, -0.15) is 16.4 Å². The molecule has 2 N–H and O–H groups in total. The minimum atomic E-state index is -0.245. The van der Waals surface area contributed by atoms with E-state index < -0.39 is 0 Å². The van der Waals surface area contributed by atoms with E-state index in [2.05, 4.69) is 25.5 Å². The first-order valence-electron chi connectivity index (χ1n) is 9.12. The van der Waals surface area contributed by atoms with Crippen LogP contribution in [-0.2, 0) is 0 Å². The zero-order valence-electron chi connectivity index (χ0n) is 15.2.